The van der Waals surface area contributed by atoms with E-state index in [2.05, 4.69) is 50.2 Å². The number of thiophene rings is 2. The van der Waals surface area contributed by atoms with E-state index in [-0.39, 0.29) is 5.91 Å². The van der Waals surface area contributed by atoms with Crippen molar-refractivity contribution in [2.24, 2.45) is 0 Å². The lowest BCUT2D eigenvalue weighted by atomic mass is 10.1. The summed E-state index contributed by atoms with van der Waals surface area (Å²) < 4.78 is 1.26. The predicted octanol–water partition coefficient (Wildman–Crippen LogP) is 4.69. The molecular formula is C22H20N4OS2. The van der Waals surface area contributed by atoms with E-state index in [9.17, 15) is 4.79 Å². The first-order valence-electron chi connectivity index (χ1n) is 9.57. The average Bonchev–Trinajstić information content (AvgIpc) is 3.42. The second-order valence-corrected chi connectivity index (χ2v) is 8.89. The smallest absolute Gasteiger partial charge is 0.265 e. The van der Waals surface area contributed by atoms with Crippen LogP contribution in [0.25, 0.3) is 20.5 Å². The number of carbonyl (C=O) groups is 1. The van der Waals surface area contributed by atoms with E-state index in [1.807, 2.05) is 18.2 Å². The summed E-state index contributed by atoms with van der Waals surface area (Å²) >= 11 is 3.26. The summed E-state index contributed by atoms with van der Waals surface area (Å²) in [6.45, 7) is 3.72. The van der Waals surface area contributed by atoms with E-state index < -0.39 is 0 Å². The SMILES string of the molecule is O=C(Nc1cnccc1N1CCNCC1)c1ccc(-c2csc3ccccc23)s1. The maximum Gasteiger partial charge on any atom is 0.265 e. The molecule has 0 spiro atoms. The van der Waals surface area contributed by atoms with Crippen molar-refractivity contribution in [2.75, 3.05) is 36.4 Å². The Morgan fingerprint density at radius 1 is 1.10 bits per heavy atom. The summed E-state index contributed by atoms with van der Waals surface area (Å²) in [4.78, 5) is 21.2. The lowest BCUT2D eigenvalue weighted by molar-refractivity contribution is 0.103. The van der Waals surface area contributed by atoms with E-state index in [1.165, 1.54) is 27.0 Å². The zero-order valence-electron chi connectivity index (χ0n) is 15.7. The summed E-state index contributed by atoms with van der Waals surface area (Å²) in [5, 5.41) is 9.83. The van der Waals surface area contributed by atoms with Crippen molar-refractivity contribution in [2.45, 2.75) is 0 Å². The molecule has 0 saturated carbocycles. The fraction of sp³-hybridized carbons (Fsp3) is 0.182. The van der Waals surface area contributed by atoms with Gasteiger partial charge in [0.25, 0.3) is 5.91 Å². The van der Waals surface area contributed by atoms with Crippen LogP contribution in [0.2, 0.25) is 0 Å². The van der Waals surface area contributed by atoms with Crippen LogP contribution >= 0.6 is 22.7 Å². The Morgan fingerprint density at radius 2 is 1.97 bits per heavy atom. The number of nitrogens with one attached hydrogen (secondary N) is 2. The number of anilines is 2. The molecule has 1 fully saturated rings. The molecule has 7 heteroatoms. The van der Waals surface area contributed by atoms with Gasteiger partial charge in [-0.2, -0.15) is 0 Å². The van der Waals surface area contributed by atoms with Crippen molar-refractivity contribution < 1.29 is 4.79 Å². The first-order chi connectivity index (χ1) is 14.3. The number of nitrogens with zero attached hydrogens (tertiary/aromatic N) is 2. The molecular weight excluding hydrogens is 400 g/mol. The summed E-state index contributed by atoms with van der Waals surface area (Å²) in [5.41, 5.74) is 2.98. The van der Waals surface area contributed by atoms with Crippen molar-refractivity contribution in [1.29, 1.82) is 0 Å². The molecule has 0 aliphatic carbocycles. The number of fused-ring (bicyclic) bond motifs is 1. The number of piperazine rings is 1. The minimum absolute atomic E-state index is 0.0924. The maximum absolute atomic E-state index is 12.9. The highest BCUT2D eigenvalue weighted by Gasteiger charge is 2.18. The van der Waals surface area contributed by atoms with Gasteiger partial charge in [0.05, 0.1) is 22.4 Å². The van der Waals surface area contributed by atoms with Gasteiger partial charge in [-0.3, -0.25) is 9.78 Å². The van der Waals surface area contributed by atoms with Crippen LogP contribution in [-0.2, 0) is 0 Å². The Hall–Kier alpha value is -2.74. The van der Waals surface area contributed by atoms with Gasteiger partial charge in [0.15, 0.2) is 0 Å². The highest BCUT2D eigenvalue weighted by molar-refractivity contribution is 7.20. The molecule has 1 saturated heterocycles. The highest BCUT2D eigenvalue weighted by Crippen LogP contribution is 2.37. The number of pyridine rings is 1. The highest BCUT2D eigenvalue weighted by atomic mass is 32.1. The molecule has 1 amide bonds. The van der Waals surface area contributed by atoms with Gasteiger partial charge < -0.3 is 15.5 Å². The van der Waals surface area contributed by atoms with E-state index in [4.69, 9.17) is 0 Å². The van der Waals surface area contributed by atoms with Crippen molar-refractivity contribution in [1.82, 2.24) is 10.3 Å². The summed E-state index contributed by atoms with van der Waals surface area (Å²) in [6, 6.07) is 14.3. The zero-order chi connectivity index (χ0) is 19.6. The topological polar surface area (TPSA) is 57.3 Å². The molecule has 2 N–H and O–H groups in total. The van der Waals surface area contributed by atoms with Gasteiger partial charge in [0, 0.05) is 58.3 Å². The molecule has 146 valence electrons. The van der Waals surface area contributed by atoms with Crippen LogP contribution in [0, 0.1) is 0 Å². The number of aromatic nitrogens is 1. The van der Waals surface area contributed by atoms with Crippen molar-refractivity contribution in [3.8, 4) is 10.4 Å². The quantitative estimate of drug-likeness (QED) is 0.503. The van der Waals surface area contributed by atoms with Crippen LogP contribution in [0.1, 0.15) is 9.67 Å². The molecule has 4 aromatic rings. The molecule has 0 atom stereocenters. The fourth-order valence-corrected chi connectivity index (χ4v) is 5.59. The van der Waals surface area contributed by atoms with E-state index in [0.29, 0.717) is 4.88 Å². The second kappa shape index (κ2) is 7.94. The van der Waals surface area contributed by atoms with Gasteiger partial charge >= 0.3 is 0 Å². The number of carbonyl (C=O) groups excluding carboxylic acids is 1. The summed E-state index contributed by atoms with van der Waals surface area (Å²) in [5.74, 6) is -0.0924. The molecule has 1 aliphatic rings. The molecule has 1 aliphatic heterocycles. The van der Waals surface area contributed by atoms with Crippen LogP contribution in [0.5, 0.6) is 0 Å². The number of benzene rings is 1. The Kier molecular flexibility index (Phi) is 5.01. The fourth-order valence-electron chi connectivity index (χ4n) is 3.62. The number of rotatable bonds is 4. The van der Waals surface area contributed by atoms with Crippen LogP contribution in [-0.4, -0.2) is 37.1 Å². The lowest BCUT2D eigenvalue weighted by Gasteiger charge is -2.30. The first-order valence-corrected chi connectivity index (χ1v) is 11.3. The van der Waals surface area contributed by atoms with Crippen LogP contribution in [0.15, 0.2) is 60.2 Å². The van der Waals surface area contributed by atoms with Gasteiger partial charge in [-0.05, 0) is 24.3 Å². The molecule has 1 aromatic carbocycles. The first kappa shape index (κ1) is 18.3. The van der Waals surface area contributed by atoms with Gasteiger partial charge in [0.1, 0.15) is 0 Å². The maximum atomic E-state index is 12.9. The van der Waals surface area contributed by atoms with Crippen molar-refractivity contribution in [3.05, 3.63) is 65.1 Å². The molecule has 0 unspecified atom stereocenters. The monoisotopic (exact) mass is 420 g/mol. The number of hydrogen-bond donors (Lipinski definition) is 2. The van der Waals surface area contributed by atoms with Crippen LogP contribution < -0.4 is 15.5 Å². The molecule has 4 heterocycles. The predicted molar refractivity (Wildman–Crippen MR) is 122 cm³/mol. The van der Waals surface area contributed by atoms with E-state index in [0.717, 1.165) is 42.4 Å². The molecule has 5 nitrogen and oxygen atoms in total. The van der Waals surface area contributed by atoms with E-state index in [1.54, 1.807) is 23.7 Å². The summed E-state index contributed by atoms with van der Waals surface area (Å²) in [7, 11) is 0. The third-order valence-electron chi connectivity index (χ3n) is 5.08. The summed E-state index contributed by atoms with van der Waals surface area (Å²) in [6.07, 6.45) is 3.51. The Morgan fingerprint density at radius 3 is 2.86 bits per heavy atom. The normalized spacial score (nSPS) is 14.3. The minimum Gasteiger partial charge on any atom is -0.367 e. The van der Waals surface area contributed by atoms with Crippen molar-refractivity contribution >= 4 is 50.0 Å². The van der Waals surface area contributed by atoms with Gasteiger partial charge in [0.2, 0.25) is 0 Å². The molecule has 0 bridgehead atoms. The number of hydrogen-bond acceptors (Lipinski definition) is 6. The molecule has 5 rings (SSSR count). The second-order valence-electron chi connectivity index (χ2n) is 6.89. The van der Waals surface area contributed by atoms with Crippen LogP contribution in [0.3, 0.4) is 0 Å². The standard InChI is InChI=1S/C22H20N4OS2/c27-22(25-17-13-24-8-7-18(17)26-11-9-23-10-12-26)21-6-5-20(29-21)16-14-28-19-4-2-1-3-15(16)19/h1-8,13-14,23H,9-12H2,(H,25,27). The van der Waals surface area contributed by atoms with Crippen LogP contribution in [0.4, 0.5) is 11.4 Å². The molecule has 0 radical (unpaired) electrons. The molecule has 29 heavy (non-hydrogen) atoms. The zero-order valence-corrected chi connectivity index (χ0v) is 17.4. The molecule has 3 aromatic heterocycles. The largest absolute Gasteiger partial charge is 0.367 e. The Bertz CT molecular complexity index is 1160. The Balaban J connectivity index is 1.39. The average molecular weight is 421 g/mol. The van der Waals surface area contributed by atoms with E-state index >= 15 is 0 Å². The Labute approximate surface area is 177 Å². The third-order valence-corrected chi connectivity index (χ3v) is 7.16. The van der Waals surface area contributed by atoms with Gasteiger partial charge in [-0.15, -0.1) is 22.7 Å². The van der Waals surface area contributed by atoms with Gasteiger partial charge in [-0.1, -0.05) is 18.2 Å². The third kappa shape index (κ3) is 3.64. The minimum atomic E-state index is -0.0924. The number of amides is 1. The lowest BCUT2D eigenvalue weighted by Crippen LogP contribution is -2.43. The van der Waals surface area contributed by atoms with Crippen molar-refractivity contribution in [3.63, 3.8) is 0 Å². The van der Waals surface area contributed by atoms with Gasteiger partial charge in [-0.25, -0.2) is 0 Å².